The number of nitrogens with zero attached hydrogens (tertiary/aromatic N) is 1. The van der Waals surface area contributed by atoms with Crippen LogP contribution in [0, 0.1) is 6.92 Å². The van der Waals surface area contributed by atoms with Crippen molar-refractivity contribution in [2.75, 3.05) is 17.7 Å². The zero-order valence-electron chi connectivity index (χ0n) is 13.8. The van der Waals surface area contributed by atoms with E-state index in [1.54, 1.807) is 11.3 Å². The third kappa shape index (κ3) is 4.74. The van der Waals surface area contributed by atoms with Gasteiger partial charge in [-0.25, -0.2) is 4.98 Å². The SMILES string of the molecule is CCOc1ccc2nc(SCC(=O)Nc3ccc(Br)c(C)c3)sc2c1. The van der Waals surface area contributed by atoms with E-state index < -0.39 is 0 Å². The quantitative estimate of drug-likeness (QED) is 0.518. The van der Waals surface area contributed by atoms with E-state index >= 15 is 0 Å². The number of aryl methyl sites for hydroxylation is 1. The van der Waals surface area contributed by atoms with Crippen LogP contribution in [0.4, 0.5) is 5.69 Å². The molecule has 1 aromatic heterocycles. The second-order valence-corrected chi connectivity index (χ2v) is 8.45. The largest absolute Gasteiger partial charge is 0.494 e. The van der Waals surface area contributed by atoms with Crippen molar-refractivity contribution in [3.63, 3.8) is 0 Å². The molecule has 0 saturated carbocycles. The van der Waals surface area contributed by atoms with Gasteiger partial charge in [0.1, 0.15) is 5.75 Å². The second kappa shape index (κ2) is 8.21. The van der Waals surface area contributed by atoms with Crippen LogP contribution in [0.15, 0.2) is 45.2 Å². The summed E-state index contributed by atoms with van der Waals surface area (Å²) >= 11 is 6.48. The van der Waals surface area contributed by atoms with Crippen LogP contribution in [0.1, 0.15) is 12.5 Å². The van der Waals surface area contributed by atoms with E-state index in [4.69, 9.17) is 4.74 Å². The fraction of sp³-hybridized carbons (Fsp3) is 0.222. The molecule has 0 aliphatic carbocycles. The highest BCUT2D eigenvalue weighted by Crippen LogP contribution is 2.32. The first kappa shape index (κ1) is 18.2. The number of hydrogen-bond acceptors (Lipinski definition) is 5. The predicted octanol–water partition coefficient (Wildman–Crippen LogP) is 5.50. The minimum absolute atomic E-state index is 0.0408. The zero-order chi connectivity index (χ0) is 17.8. The number of rotatable bonds is 6. The Morgan fingerprint density at radius 3 is 2.92 bits per heavy atom. The highest BCUT2D eigenvalue weighted by atomic mass is 79.9. The van der Waals surface area contributed by atoms with Gasteiger partial charge in [0, 0.05) is 10.2 Å². The highest BCUT2D eigenvalue weighted by molar-refractivity contribution is 9.10. The lowest BCUT2D eigenvalue weighted by molar-refractivity contribution is -0.113. The van der Waals surface area contributed by atoms with E-state index in [0.717, 1.165) is 36.0 Å². The molecule has 0 radical (unpaired) electrons. The van der Waals surface area contributed by atoms with Gasteiger partial charge < -0.3 is 10.1 Å². The van der Waals surface area contributed by atoms with Crippen molar-refractivity contribution in [3.05, 3.63) is 46.4 Å². The van der Waals surface area contributed by atoms with Crippen molar-refractivity contribution >= 4 is 60.8 Å². The van der Waals surface area contributed by atoms with E-state index in [0.29, 0.717) is 12.4 Å². The van der Waals surface area contributed by atoms with Crippen molar-refractivity contribution in [2.45, 2.75) is 18.2 Å². The summed E-state index contributed by atoms with van der Waals surface area (Å²) in [6, 6.07) is 11.6. The number of halogens is 1. The Bertz CT molecular complexity index is 911. The summed E-state index contributed by atoms with van der Waals surface area (Å²) in [5, 5.41) is 2.92. The van der Waals surface area contributed by atoms with Gasteiger partial charge in [-0.2, -0.15) is 0 Å². The number of anilines is 1. The number of carbonyl (C=O) groups excluding carboxylic acids is 1. The summed E-state index contributed by atoms with van der Waals surface area (Å²) in [5.41, 5.74) is 2.82. The maximum absolute atomic E-state index is 12.1. The van der Waals surface area contributed by atoms with Gasteiger partial charge in [-0.3, -0.25) is 4.79 Å². The first-order valence-electron chi connectivity index (χ1n) is 7.77. The predicted molar refractivity (Wildman–Crippen MR) is 109 cm³/mol. The van der Waals surface area contributed by atoms with Crippen LogP contribution in [0.3, 0.4) is 0 Å². The third-order valence-corrected chi connectivity index (χ3v) is 6.47. The second-order valence-electron chi connectivity index (χ2n) is 5.34. The van der Waals surface area contributed by atoms with Crippen LogP contribution in [0.25, 0.3) is 10.2 Å². The first-order chi connectivity index (χ1) is 12.0. The standard InChI is InChI=1S/C18H17BrN2O2S2/c1-3-23-13-5-7-15-16(9-13)25-18(21-15)24-10-17(22)20-12-4-6-14(19)11(2)8-12/h4-9H,3,10H2,1-2H3,(H,20,22). The Balaban J connectivity index is 1.61. The minimum Gasteiger partial charge on any atom is -0.494 e. The molecule has 3 rings (SSSR count). The maximum Gasteiger partial charge on any atom is 0.234 e. The molecule has 1 N–H and O–H groups in total. The van der Waals surface area contributed by atoms with E-state index in [9.17, 15) is 4.79 Å². The number of hydrogen-bond donors (Lipinski definition) is 1. The van der Waals surface area contributed by atoms with E-state index in [2.05, 4.69) is 26.2 Å². The Morgan fingerprint density at radius 2 is 2.16 bits per heavy atom. The van der Waals surface area contributed by atoms with Crippen LogP contribution >= 0.6 is 39.0 Å². The Labute approximate surface area is 163 Å². The fourth-order valence-corrected chi connectivity index (χ4v) is 4.39. The molecule has 2 aromatic carbocycles. The summed E-state index contributed by atoms with van der Waals surface area (Å²) in [6.07, 6.45) is 0. The van der Waals surface area contributed by atoms with Gasteiger partial charge in [-0.15, -0.1) is 11.3 Å². The molecule has 25 heavy (non-hydrogen) atoms. The number of benzene rings is 2. The molecule has 0 aliphatic rings. The zero-order valence-corrected chi connectivity index (χ0v) is 17.1. The number of thiazole rings is 1. The lowest BCUT2D eigenvalue weighted by Gasteiger charge is -2.06. The molecule has 3 aromatic rings. The van der Waals surface area contributed by atoms with Crippen molar-refractivity contribution in [1.82, 2.24) is 4.98 Å². The summed E-state index contributed by atoms with van der Waals surface area (Å²) in [6.45, 7) is 4.59. The molecule has 0 fully saturated rings. The minimum atomic E-state index is -0.0408. The van der Waals surface area contributed by atoms with Gasteiger partial charge in [0.25, 0.3) is 0 Å². The summed E-state index contributed by atoms with van der Waals surface area (Å²) < 4.78 is 8.49. The molecular formula is C18H17BrN2O2S2. The molecular weight excluding hydrogens is 420 g/mol. The monoisotopic (exact) mass is 436 g/mol. The number of fused-ring (bicyclic) bond motifs is 1. The van der Waals surface area contributed by atoms with E-state index in [-0.39, 0.29) is 5.91 Å². The van der Waals surface area contributed by atoms with Crippen LogP contribution in [0.2, 0.25) is 0 Å². The van der Waals surface area contributed by atoms with Crippen LogP contribution in [-0.2, 0) is 4.79 Å². The smallest absolute Gasteiger partial charge is 0.234 e. The number of aromatic nitrogens is 1. The Hall–Kier alpha value is -1.57. The lowest BCUT2D eigenvalue weighted by Crippen LogP contribution is -2.13. The van der Waals surface area contributed by atoms with Gasteiger partial charge in [0.15, 0.2) is 4.34 Å². The molecule has 1 heterocycles. The first-order valence-corrected chi connectivity index (χ1v) is 10.4. The number of nitrogens with one attached hydrogen (secondary N) is 1. The Kier molecular flexibility index (Phi) is 5.98. The summed E-state index contributed by atoms with van der Waals surface area (Å²) in [7, 11) is 0. The normalized spacial score (nSPS) is 10.8. The molecule has 7 heteroatoms. The van der Waals surface area contributed by atoms with Crippen molar-refractivity contribution < 1.29 is 9.53 Å². The van der Waals surface area contributed by atoms with Crippen LogP contribution in [-0.4, -0.2) is 23.3 Å². The van der Waals surface area contributed by atoms with Crippen LogP contribution in [0.5, 0.6) is 5.75 Å². The lowest BCUT2D eigenvalue weighted by atomic mass is 10.2. The number of thioether (sulfide) groups is 1. The van der Waals surface area contributed by atoms with E-state index in [1.807, 2.05) is 50.2 Å². The van der Waals surface area contributed by atoms with Gasteiger partial charge >= 0.3 is 0 Å². The average Bonchev–Trinajstić information content (AvgIpc) is 2.99. The average molecular weight is 437 g/mol. The van der Waals surface area contributed by atoms with Gasteiger partial charge in [0.2, 0.25) is 5.91 Å². The topological polar surface area (TPSA) is 51.2 Å². The molecule has 0 bridgehead atoms. The molecule has 0 atom stereocenters. The molecule has 0 saturated heterocycles. The van der Waals surface area contributed by atoms with Crippen molar-refractivity contribution in [2.24, 2.45) is 0 Å². The van der Waals surface area contributed by atoms with Gasteiger partial charge in [-0.05, 0) is 55.8 Å². The third-order valence-electron chi connectivity index (χ3n) is 3.42. The summed E-state index contributed by atoms with van der Waals surface area (Å²) in [5.74, 6) is 1.13. The highest BCUT2D eigenvalue weighted by Gasteiger charge is 2.09. The fourth-order valence-electron chi connectivity index (χ4n) is 2.25. The van der Waals surface area contributed by atoms with E-state index in [1.165, 1.54) is 11.8 Å². The molecule has 0 spiro atoms. The molecule has 4 nitrogen and oxygen atoms in total. The van der Waals surface area contributed by atoms with Gasteiger partial charge in [-0.1, -0.05) is 27.7 Å². The molecule has 0 unspecified atom stereocenters. The molecule has 1 amide bonds. The molecule has 130 valence electrons. The number of amides is 1. The number of carbonyl (C=O) groups is 1. The summed E-state index contributed by atoms with van der Waals surface area (Å²) in [4.78, 5) is 16.7. The number of ether oxygens (including phenoxy) is 1. The van der Waals surface area contributed by atoms with Crippen LogP contribution < -0.4 is 10.1 Å². The van der Waals surface area contributed by atoms with Gasteiger partial charge in [0.05, 0.1) is 22.6 Å². The Morgan fingerprint density at radius 1 is 1.32 bits per heavy atom. The van der Waals surface area contributed by atoms with Crippen molar-refractivity contribution in [3.8, 4) is 5.75 Å². The van der Waals surface area contributed by atoms with Crippen molar-refractivity contribution in [1.29, 1.82) is 0 Å². The molecule has 0 aliphatic heterocycles. The maximum atomic E-state index is 12.1.